The summed E-state index contributed by atoms with van der Waals surface area (Å²) in [5.41, 5.74) is 3.22. The second-order valence-electron chi connectivity index (χ2n) is 5.44. The molecule has 0 heterocycles. The zero-order valence-electron chi connectivity index (χ0n) is 12.8. The first-order valence-corrected chi connectivity index (χ1v) is 7.56. The second-order valence-corrected chi connectivity index (χ2v) is 5.44. The standard InChI is InChI=1S/C21H20O/c1-22-21(15-9-4-10-16-21)17-20(18-11-5-2-6-12-18)19-13-7-3-8-14-19/h2-15,17H,16H2,1H3. The van der Waals surface area contributed by atoms with E-state index >= 15 is 0 Å². The van der Waals surface area contributed by atoms with Crippen molar-refractivity contribution >= 4 is 5.57 Å². The van der Waals surface area contributed by atoms with Crippen molar-refractivity contribution in [1.29, 1.82) is 0 Å². The quantitative estimate of drug-likeness (QED) is 0.767. The van der Waals surface area contributed by atoms with Crippen molar-refractivity contribution in [2.75, 3.05) is 7.11 Å². The highest BCUT2D eigenvalue weighted by atomic mass is 16.5. The molecule has 2 aromatic rings. The molecule has 0 N–H and O–H groups in total. The minimum absolute atomic E-state index is 0.379. The van der Waals surface area contributed by atoms with Crippen molar-refractivity contribution in [3.63, 3.8) is 0 Å². The fraction of sp³-hybridized carbons (Fsp3) is 0.143. The van der Waals surface area contributed by atoms with E-state index in [2.05, 4.69) is 78.9 Å². The maximum atomic E-state index is 5.84. The van der Waals surface area contributed by atoms with Crippen LogP contribution in [0.25, 0.3) is 5.57 Å². The molecular weight excluding hydrogens is 268 g/mol. The van der Waals surface area contributed by atoms with Gasteiger partial charge in [0.1, 0.15) is 5.60 Å². The number of methoxy groups -OCH3 is 1. The van der Waals surface area contributed by atoms with Crippen LogP contribution in [0.15, 0.2) is 91.0 Å². The summed E-state index contributed by atoms with van der Waals surface area (Å²) < 4.78 is 5.84. The van der Waals surface area contributed by atoms with E-state index in [0.29, 0.717) is 0 Å². The molecule has 2 aromatic carbocycles. The smallest absolute Gasteiger partial charge is 0.109 e. The zero-order chi connectivity index (χ0) is 15.3. The molecule has 1 atom stereocenters. The van der Waals surface area contributed by atoms with Gasteiger partial charge in [-0.2, -0.15) is 0 Å². The van der Waals surface area contributed by atoms with Gasteiger partial charge >= 0.3 is 0 Å². The Morgan fingerprint density at radius 1 is 0.909 bits per heavy atom. The van der Waals surface area contributed by atoms with Gasteiger partial charge in [-0.3, -0.25) is 0 Å². The minimum atomic E-state index is -0.379. The van der Waals surface area contributed by atoms with E-state index in [1.54, 1.807) is 7.11 Å². The predicted octanol–water partition coefficient (Wildman–Crippen LogP) is 5.02. The van der Waals surface area contributed by atoms with Crippen LogP contribution in [-0.4, -0.2) is 12.7 Å². The third-order valence-electron chi connectivity index (χ3n) is 4.00. The Labute approximate surface area is 132 Å². The first kappa shape index (κ1) is 14.6. The summed E-state index contributed by atoms with van der Waals surface area (Å²) in [4.78, 5) is 0. The van der Waals surface area contributed by atoms with Gasteiger partial charge in [-0.05, 0) is 28.9 Å². The largest absolute Gasteiger partial charge is 0.370 e. The van der Waals surface area contributed by atoms with Crippen LogP contribution in [-0.2, 0) is 4.74 Å². The van der Waals surface area contributed by atoms with Gasteiger partial charge in [-0.15, -0.1) is 0 Å². The Hall–Kier alpha value is -2.38. The topological polar surface area (TPSA) is 9.23 Å². The summed E-state index contributed by atoms with van der Waals surface area (Å²) in [6.07, 6.45) is 11.5. The summed E-state index contributed by atoms with van der Waals surface area (Å²) >= 11 is 0. The van der Waals surface area contributed by atoms with E-state index in [4.69, 9.17) is 4.74 Å². The van der Waals surface area contributed by atoms with E-state index in [1.807, 2.05) is 12.1 Å². The normalized spacial score (nSPS) is 19.9. The van der Waals surface area contributed by atoms with Crippen LogP contribution in [0.2, 0.25) is 0 Å². The van der Waals surface area contributed by atoms with Crippen LogP contribution in [0.1, 0.15) is 17.5 Å². The van der Waals surface area contributed by atoms with E-state index in [-0.39, 0.29) is 5.60 Å². The molecule has 0 aromatic heterocycles. The van der Waals surface area contributed by atoms with Crippen LogP contribution in [0.5, 0.6) is 0 Å². The predicted molar refractivity (Wildman–Crippen MR) is 92.6 cm³/mol. The van der Waals surface area contributed by atoms with E-state index < -0.39 is 0 Å². The molecular formula is C21H20O. The Morgan fingerprint density at radius 3 is 1.95 bits per heavy atom. The van der Waals surface area contributed by atoms with Gasteiger partial charge in [0.2, 0.25) is 0 Å². The summed E-state index contributed by atoms with van der Waals surface area (Å²) in [7, 11) is 1.77. The fourth-order valence-corrected chi connectivity index (χ4v) is 2.75. The molecule has 0 fully saturated rings. The molecule has 1 nitrogen and oxygen atoms in total. The van der Waals surface area contributed by atoms with Gasteiger partial charge in [0.15, 0.2) is 0 Å². The maximum absolute atomic E-state index is 5.84. The number of benzene rings is 2. The van der Waals surface area contributed by atoms with Crippen molar-refractivity contribution < 1.29 is 4.74 Å². The minimum Gasteiger partial charge on any atom is -0.370 e. The first-order chi connectivity index (χ1) is 10.8. The monoisotopic (exact) mass is 288 g/mol. The highest BCUT2D eigenvalue weighted by molar-refractivity contribution is 5.80. The molecule has 3 rings (SSSR count). The molecule has 110 valence electrons. The average molecular weight is 288 g/mol. The van der Waals surface area contributed by atoms with Crippen LogP contribution in [0.4, 0.5) is 0 Å². The molecule has 22 heavy (non-hydrogen) atoms. The van der Waals surface area contributed by atoms with Crippen molar-refractivity contribution in [1.82, 2.24) is 0 Å². The Bertz CT molecular complexity index is 654. The summed E-state index contributed by atoms with van der Waals surface area (Å²) in [5.74, 6) is 0. The lowest BCUT2D eigenvalue weighted by Gasteiger charge is -2.28. The molecule has 0 amide bonds. The van der Waals surface area contributed by atoms with Crippen molar-refractivity contribution in [3.8, 4) is 0 Å². The Kier molecular flexibility index (Phi) is 4.36. The molecule has 0 saturated carbocycles. The zero-order valence-corrected chi connectivity index (χ0v) is 12.8. The third kappa shape index (κ3) is 3.10. The van der Waals surface area contributed by atoms with Gasteiger partial charge in [-0.25, -0.2) is 0 Å². The van der Waals surface area contributed by atoms with Crippen LogP contribution >= 0.6 is 0 Å². The van der Waals surface area contributed by atoms with Crippen LogP contribution in [0.3, 0.4) is 0 Å². The first-order valence-electron chi connectivity index (χ1n) is 7.56. The average Bonchev–Trinajstić information content (AvgIpc) is 2.62. The molecule has 1 unspecified atom stereocenters. The number of rotatable bonds is 4. The molecule has 1 heteroatoms. The summed E-state index contributed by atoms with van der Waals surface area (Å²) in [6, 6.07) is 20.9. The summed E-state index contributed by atoms with van der Waals surface area (Å²) in [5, 5.41) is 0. The fourth-order valence-electron chi connectivity index (χ4n) is 2.75. The molecule has 0 bridgehead atoms. The Balaban J connectivity index is 2.11. The number of ether oxygens (including phenoxy) is 1. The highest BCUT2D eigenvalue weighted by Gasteiger charge is 2.25. The van der Waals surface area contributed by atoms with Gasteiger partial charge in [-0.1, -0.05) is 78.9 Å². The third-order valence-corrected chi connectivity index (χ3v) is 4.00. The lowest BCUT2D eigenvalue weighted by atomic mass is 9.88. The molecule has 0 saturated heterocycles. The van der Waals surface area contributed by atoms with Gasteiger partial charge in [0.05, 0.1) is 0 Å². The number of hydrogen-bond acceptors (Lipinski definition) is 1. The SMILES string of the molecule is COC1(C=C(c2ccccc2)c2ccccc2)C=CC=CC1. The second kappa shape index (κ2) is 6.59. The maximum Gasteiger partial charge on any atom is 0.109 e. The Morgan fingerprint density at radius 2 is 1.50 bits per heavy atom. The van der Waals surface area contributed by atoms with Crippen molar-refractivity contribution in [2.24, 2.45) is 0 Å². The molecule has 0 radical (unpaired) electrons. The van der Waals surface area contributed by atoms with Gasteiger partial charge < -0.3 is 4.74 Å². The van der Waals surface area contributed by atoms with Crippen molar-refractivity contribution in [2.45, 2.75) is 12.0 Å². The molecule has 1 aliphatic carbocycles. The van der Waals surface area contributed by atoms with Crippen LogP contribution in [0, 0.1) is 0 Å². The van der Waals surface area contributed by atoms with E-state index in [0.717, 1.165) is 6.42 Å². The van der Waals surface area contributed by atoms with E-state index in [1.165, 1.54) is 16.7 Å². The lowest BCUT2D eigenvalue weighted by Crippen LogP contribution is -2.27. The number of allylic oxidation sites excluding steroid dienone is 2. The molecule has 1 aliphatic rings. The van der Waals surface area contributed by atoms with Crippen LogP contribution < -0.4 is 0 Å². The molecule has 0 spiro atoms. The van der Waals surface area contributed by atoms with E-state index in [9.17, 15) is 0 Å². The molecule has 0 aliphatic heterocycles. The van der Waals surface area contributed by atoms with Gasteiger partial charge in [0, 0.05) is 13.5 Å². The summed E-state index contributed by atoms with van der Waals surface area (Å²) in [6.45, 7) is 0. The lowest BCUT2D eigenvalue weighted by molar-refractivity contribution is 0.0763. The number of hydrogen-bond donors (Lipinski definition) is 0. The van der Waals surface area contributed by atoms with Crippen molar-refractivity contribution in [3.05, 3.63) is 102 Å². The van der Waals surface area contributed by atoms with Gasteiger partial charge in [0.25, 0.3) is 0 Å². The highest BCUT2D eigenvalue weighted by Crippen LogP contribution is 2.31.